The van der Waals surface area contributed by atoms with Crippen LogP contribution in [-0.2, 0) is 6.54 Å². The summed E-state index contributed by atoms with van der Waals surface area (Å²) in [6.07, 6.45) is 6.26. The molecule has 2 N–H and O–H groups in total. The Balaban J connectivity index is 1.87. The van der Waals surface area contributed by atoms with E-state index in [-0.39, 0.29) is 5.28 Å². The summed E-state index contributed by atoms with van der Waals surface area (Å²) in [5.74, 6) is 1.00. The Hall–Kier alpha value is -1.62. The van der Waals surface area contributed by atoms with Gasteiger partial charge in [0, 0.05) is 6.54 Å². The third-order valence-corrected chi connectivity index (χ3v) is 3.91. The van der Waals surface area contributed by atoms with Crippen molar-refractivity contribution in [3.8, 4) is 0 Å². The summed E-state index contributed by atoms with van der Waals surface area (Å²) in [4.78, 5) is 8.17. The highest BCUT2D eigenvalue weighted by Crippen LogP contribution is 2.29. The molecule has 0 atom stereocenters. The van der Waals surface area contributed by atoms with Crippen molar-refractivity contribution in [3.05, 3.63) is 23.6 Å². The zero-order chi connectivity index (χ0) is 13.4. The smallest absolute Gasteiger partial charge is 0.226 e. The lowest BCUT2D eigenvalue weighted by Crippen LogP contribution is -2.16. The molecule has 0 aromatic carbocycles. The molecule has 1 fully saturated rings. The number of rotatable bonds is 2. The van der Waals surface area contributed by atoms with Crippen LogP contribution >= 0.6 is 11.6 Å². The molecule has 1 aliphatic rings. The molecule has 5 nitrogen and oxygen atoms in total. The number of halogens is 1. The first-order chi connectivity index (χ1) is 9.13. The van der Waals surface area contributed by atoms with Crippen molar-refractivity contribution in [3.63, 3.8) is 0 Å². The van der Waals surface area contributed by atoms with Gasteiger partial charge in [-0.25, -0.2) is 9.67 Å². The lowest BCUT2D eigenvalue weighted by Gasteiger charge is -2.23. The molecule has 2 aromatic heterocycles. The summed E-state index contributed by atoms with van der Waals surface area (Å²) in [5.41, 5.74) is 7.90. The molecule has 1 saturated carbocycles. The number of anilines is 1. The molecule has 3 rings (SSSR count). The van der Waals surface area contributed by atoms with Crippen molar-refractivity contribution in [1.82, 2.24) is 19.7 Å². The van der Waals surface area contributed by atoms with Gasteiger partial charge in [-0.05, 0) is 43.2 Å². The highest BCUT2D eigenvalue weighted by Gasteiger charge is 2.18. The fraction of sp³-hybridized carbons (Fsp3) is 0.462. The second kappa shape index (κ2) is 4.81. The maximum atomic E-state index is 5.86. The monoisotopic (exact) mass is 277 g/mol. The van der Waals surface area contributed by atoms with Gasteiger partial charge in [-0.15, -0.1) is 0 Å². The van der Waals surface area contributed by atoms with Crippen molar-refractivity contribution in [2.45, 2.75) is 32.2 Å². The molecule has 0 aliphatic heterocycles. The van der Waals surface area contributed by atoms with E-state index in [4.69, 9.17) is 17.3 Å². The third kappa shape index (κ3) is 2.42. The molecule has 0 spiro atoms. The number of nitrogen functional groups attached to an aromatic ring is 1. The molecule has 0 radical (unpaired) electrons. The molecule has 2 aromatic rings. The van der Waals surface area contributed by atoms with Gasteiger partial charge in [-0.3, -0.25) is 0 Å². The lowest BCUT2D eigenvalue weighted by molar-refractivity contribution is 0.347. The minimum atomic E-state index is 0.170. The molecular formula is C13H16ClN5. The van der Waals surface area contributed by atoms with Crippen LogP contribution in [0.25, 0.3) is 11.0 Å². The van der Waals surface area contributed by atoms with E-state index in [0.717, 1.165) is 43.3 Å². The van der Waals surface area contributed by atoms with E-state index in [1.165, 1.54) is 5.57 Å². The van der Waals surface area contributed by atoms with E-state index in [1.54, 1.807) is 6.20 Å². The van der Waals surface area contributed by atoms with Gasteiger partial charge in [0.1, 0.15) is 5.82 Å². The number of allylic oxidation sites excluding steroid dienone is 1. The Morgan fingerprint density at radius 1 is 1.37 bits per heavy atom. The number of aromatic nitrogens is 4. The van der Waals surface area contributed by atoms with Crippen molar-refractivity contribution < 1.29 is 0 Å². The minimum Gasteiger partial charge on any atom is -0.383 e. The van der Waals surface area contributed by atoms with Crippen LogP contribution in [0, 0.1) is 5.92 Å². The van der Waals surface area contributed by atoms with E-state index in [9.17, 15) is 0 Å². The normalized spacial score (nSPS) is 17.2. The topological polar surface area (TPSA) is 69.6 Å². The molecule has 1 aliphatic carbocycles. The van der Waals surface area contributed by atoms with E-state index in [0.29, 0.717) is 11.7 Å². The van der Waals surface area contributed by atoms with Crippen molar-refractivity contribution in [2.75, 3.05) is 5.73 Å². The maximum absolute atomic E-state index is 5.86. The molecule has 100 valence electrons. The number of hydrogen-bond donors (Lipinski definition) is 1. The standard InChI is InChI=1S/C13H16ClN5/c1-8-2-4-9(5-3-8)7-19-12-10(6-16-19)11(15)17-13(14)18-12/h6,9H,1-5,7H2,(H2,15,17,18). The minimum absolute atomic E-state index is 0.170. The Morgan fingerprint density at radius 2 is 2.11 bits per heavy atom. The van der Waals surface area contributed by atoms with Crippen LogP contribution in [0.2, 0.25) is 5.28 Å². The van der Waals surface area contributed by atoms with Gasteiger partial charge in [0.05, 0.1) is 11.6 Å². The van der Waals surface area contributed by atoms with Gasteiger partial charge >= 0.3 is 0 Å². The van der Waals surface area contributed by atoms with Gasteiger partial charge < -0.3 is 5.73 Å². The van der Waals surface area contributed by atoms with Crippen molar-refractivity contribution in [2.24, 2.45) is 5.92 Å². The van der Waals surface area contributed by atoms with Crippen LogP contribution in [0.5, 0.6) is 0 Å². The molecule has 0 unspecified atom stereocenters. The summed E-state index contributed by atoms with van der Waals surface area (Å²) >= 11 is 5.86. The van der Waals surface area contributed by atoms with E-state index < -0.39 is 0 Å². The molecule has 2 heterocycles. The zero-order valence-corrected chi connectivity index (χ0v) is 11.4. The van der Waals surface area contributed by atoms with Gasteiger partial charge in [0.25, 0.3) is 0 Å². The van der Waals surface area contributed by atoms with Gasteiger partial charge in [-0.2, -0.15) is 10.1 Å². The second-order valence-corrected chi connectivity index (χ2v) is 5.47. The summed E-state index contributed by atoms with van der Waals surface area (Å²) in [6.45, 7) is 4.89. The van der Waals surface area contributed by atoms with Crippen LogP contribution in [0.1, 0.15) is 25.7 Å². The Bertz CT molecular complexity index is 623. The van der Waals surface area contributed by atoms with Crippen LogP contribution < -0.4 is 5.73 Å². The summed E-state index contributed by atoms with van der Waals surface area (Å²) in [7, 11) is 0. The molecule has 19 heavy (non-hydrogen) atoms. The van der Waals surface area contributed by atoms with Crippen LogP contribution in [0.4, 0.5) is 5.82 Å². The van der Waals surface area contributed by atoms with Gasteiger partial charge in [0.15, 0.2) is 5.65 Å². The third-order valence-electron chi connectivity index (χ3n) is 3.74. The first kappa shape index (κ1) is 12.4. The Kier molecular flexibility index (Phi) is 3.14. The molecular weight excluding hydrogens is 262 g/mol. The molecule has 6 heteroatoms. The maximum Gasteiger partial charge on any atom is 0.226 e. The van der Waals surface area contributed by atoms with E-state index in [1.807, 2.05) is 4.68 Å². The first-order valence-corrected chi connectivity index (χ1v) is 6.82. The van der Waals surface area contributed by atoms with Crippen molar-refractivity contribution >= 4 is 28.5 Å². The predicted octanol–water partition coefficient (Wildman–Crippen LogP) is 2.81. The number of hydrogen-bond acceptors (Lipinski definition) is 4. The first-order valence-electron chi connectivity index (χ1n) is 6.44. The van der Waals surface area contributed by atoms with Gasteiger partial charge in [0.2, 0.25) is 5.28 Å². The summed E-state index contributed by atoms with van der Waals surface area (Å²) in [6, 6.07) is 0. The fourth-order valence-corrected chi connectivity index (χ4v) is 2.77. The predicted molar refractivity (Wildman–Crippen MR) is 75.8 cm³/mol. The number of fused-ring (bicyclic) bond motifs is 1. The lowest BCUT2D eigenvalue weighted by atomic mass is 9.86. The molecule has 0 saturated heterocycles. The second-order valence-electron chi connectivity index (χ2n) is 5.14. The highest BCUT2D eigenvalue weighted by molar-refractivity contribution is 6.28. The highest BCUT2D eigenvalue weighted by atomic mass is 35.5. The average Bonchev–Trinajstić information content (AvgIpc) is 2.76. The van der Waals surface area contributed by atoms with Crippen LogP contribution in [0.3, 0.4) is 0 Å². The largest absolute Gasteiger partial charge is 0.383 e. The quantitative estimate of drug-likeness (QED) is 0.677. The summed E-state index contributed by atoms with van der Waals surface area (Å²) < 4.78 is 1.89. The van der Waals surface area contributed by atoms with Crippen molar-refractivity contribution in [1.29, 1.82) is 0 Å². The number of nitrogens with two attached hydrogens (primary N) is 1. The zero-order valence-electron chi connectivity index (χ0n) is 10.6. The average molecular weight is 278 g/mol. The fourth-order valence-electron chi connectivity index (χ4n) is 2.60. The van der Waals surface area contributed by atoms with E-state index in [2.05, 4.69) is 21.6 Å². The Morgan fingerprint density at radius 3 is 2.84 bits per heavy atom. The van der Waals surface area contributed by atoms with E-state index >= 15 is 0 Å². The SMILES string of the molecule is C=C1CCC(Cn2ncc3c(N)nc(Cl)nc32)CC1. The van der Waals surface area contributed by atoms with Crippen LogP contribution in [0.15, 0.2) is 18.3 Å². The van der Waals surface area contributed by atoms with Gasteiger partial charge in [-0.1, -0.05) is 12.2 Å². The Labute approximate surface area is 116 Å². The summed E-state index contributed by atoms with van der Waals surface area (Å²) in [5, 5.41) is 5.30. The number of nitrogens with zero attached hydrogens (tertiary/aromatic N) is 4. The molecule has 0 amide bonds. The van der Waals surface area contributed by atoms with Crippen LogP contribution in [-0.4, -0.2) is 19.7 Å². The molecule has 0 bridgehead atoms.